The van der Waals surface area contributed by atoms with Gasteiger partial charge in [-0.05, 0) is 53.9 Å². The molecule has 4 N–H and O–H groups in total. The monoisotopic (exact) mass is 703 g/mol. The summed E-state index contributed by atoms with van der Waals surface area (Å²) in [7, 11) is 3.18. The number of halogens is 1. The van der Waals surface area contributed by atoms with Crippen LogP contribution in [0.1, 0.15) is 39.9 Å². The molecule has 12 heteroatoms. The second-order valence-electron chi connectivity index (χ2n) is 11.9. The molecule has 4 atom stereocenters. The highest BCUT2D eigenvalue weighted by atomic mass is 35.5. The molecule has 3 aromatic carbocycles. The van der Waals surface area contributed by atoms with Gasteiger partial charge in [0.2, 0.25) is 0 Å². The first-order valence-corrected chi connectivity index (χ1v) is 15.8. The highest BCUT2D eigenvalue weighted by Gasteiger charge is 2.46. The molecule has 50 heavy (non-hydrogen) atoms. The predicted molar refractivity (Wildman–Crippen MR) is 183 cm³/mol. The number of ether oxygens (including phenoxy) is 4. The zero-order valence-corrected chi connectivity index (χ0v) is 29.3. The van der Waals surface area contributed by atoms with Gasteiger partial charge in [-0.25, -0.2) is 9.78 Å². The van der Waals surface area contributed by atoms with E-state index in [-0.39, 0.29) is 24.6 Å². The number of aryl methyl sites for hydroxylation is 3. The van der Waals surface area contributed by atoms with Crippen molar-refractivity contribution < 1.29 is 46.6 Å². The lowest BCUT2D eigenvalue weighted by Gasteiger charge is -2.37. The number of hydrogen-bond acceptors (Lipinski definition) is 8. The van der Waals surface area contributed by atoms with E-state index >= 15 is 0 Å². The number of pyridine rings is 1. The smallest absolute Gasteiger partial charge is 0.330 e. The average molecular weight is 704 g/mol. The zero-order chi connectivity index (χ0) is 35.1. The molecule has 3 heterocycles. The van der Waals surface area contributed by atoms with Crippen LogP contribution in [0.25, 0.3) is 0 Å². The standard InChI is InChI=1S/C31H32N2O8.C7H9N.ClH/c1-19-17-33(30(37)32-28(19)36)29-27(35)26(34)25(41-29)18-40-31(20-7-5-4-6-8-20,21-9-13-23(38-2)14-10-21)22-11-15-24(39-3)16-12-22;1-6-4-3-5-7(2)8-6;/h4-17,25-27,29,34-35H,18H2,1-3H3,(H,32,36,37);3-5H,1-2H3;1H/t25-,26-,27-,29-;;/m1../s1. The number of aliphatic hydroxyl groups excluding tert-OH is 2. The molecule has 1 aliphatic rings. The zero-order valence-electron chi connectivity index (χ0n) is 28.5. The Morgan fingerprint density at radius 3 is 1.76 bits per heavy atom. The van der Waals surface area contributed by atoms with Gasteiger partial charge in [-0.15, -0.1) is 0 Å². The summed E-state index contributed by atoms with van der Waals surface area (Å²) in [6.45, 7) is 5.48. The molecule has 0 aliphatic carbocycles. The number of methoxy groups -OCH3 is 2. The van der Waals surface area contributed by atoms with Gasteiger partial charge in [-0.2, -0.15) is 0 Å². The highest BCUT2D eigenvalue weighted by Crippen LogP contribution is 2.42. The molecule has 264 valence electrons. The molecule has 0 radical (unpaired) electrons. The van der Waals surface area contributed by atoms with E-state index in [9.17, 15) is 19.8 Å². The van der Waals surface area contributed by atoms with E-state index < -0.39 is 41.4 Å². The Balaban J connectivity index is 0.000000550. The van der Waals surface area contributed by atoms with Crippen LogP contribution < -0.4 is 38.1 Å². The van der Waals surface area contributed by atoms with Crippen LogP contribution in [0.4, 0.5) is 0 Å². The van der Waals surface area contributed by atoms with Gasteiger partial charge in [-0.3, -0.25) is 14.3 Å². The van der Waals surface area contributed by atoms with E-state index in [2.05, 4.69) is 9.97 Å². The number of rotatable bonds is 9. The third-order valence-corrected chi connectivity index (χ3v) is 8.48. The van der Waals surface area contributed by atoms with E-state index in [1.54, 1.807) is 14.2 Å². The molecular weight excluding hydrogens is 662 g/mol. The van der Waals surface area contributed by atoms with Crippen LogP contribution in [0.15, 0.2) is 113 Å². The summed E-state index contributed by atoms with van der Waals surface area (Å²) in [5, 5.41) is 21.8. The minimum atomic E-state index is -1.44. The molecule has 0 unspecified atom stereocenters. The minimum Gasteiger partial charge on any atom is -1.00 e. The normalized spacial score (nSPS) is 18.4. The van der Waals surface area contributed by atoms with Crippen LogP contribution in [-0.4, -0.2) is 58.9 Å². The first kappa shape index (κ1) is 38.0. The van der Waals surface area contributed by atoms with Crippen molar-refractivity contribution in [3.05, 3.63) is 158 Å². The van der Waals surface area contributed by atoms with Crippen LogP contribution in [0, 0.1) is 20.8 Å². The number of hydrogen-bond donors (Lipinski definition) is 3. The lowest BCUT2D eigenvalue weighted by molar-refractivity contribution is -0.396. The molecule has 0 bridgehead atoms. The van der Waals surface area contributed by atoms with Gasteiger partial charge < -0.3 is 41.6 Å². The van der Waals surface area contributed by atoms with Crippen molar-refractivity contribution in [1.82, 2.24) is 9.55 Å². The second kappa shape index (κ2) is 16.8. The van der Waals surface area contributed by atoms with Crippen molar-refractivity contribution in [2.24, 2.45) is 0 Å². The summed E-state index contributed by atoms with van der Waals surface area (Å²) in [5.74, 6) is 1.35. The van der Waals surface area contributed by atoms with E-state index in [1.165, 1.54) is 24.5 Å². The molecule has 1 saturated heterocycles. The fourth-order valence-corrected chi connectivity index (χ4v) is 5.88. The van der Waals surface area contributed by atoms with Crippen LogP contribution in [0.3, 0.4) is 0 Å². The van der Waals surface area contributed by atoms with E-state index in [4.69, 9.17) is 18.9 Å². The van der Waals surface area contributed by atoms with Crippen molar-refractivity contribution >= 4 is 0 Å². The number of aliphatic hydroxyl groups is 2. The topological polar surface area (TPSA) is 146 Å². The van der Waals surface area contributed by atoms with Crippen molar-refractivity contribution in [3.63, 3.8) is 0 Å². The van der Waals surface area contributed by atoms with Crippen molar-refractivity contribution in [3.8, 4) is 11.5 Å². The van der Waals surface area contributed by atoms with E-state index in [0.29, 0.717) is 11.5 Å². The molecule has 1 fully saturated rings. The van der Waals surface area contributed by atoms with Crippen LogP contribution >= 0.6 is 0 Å². The van der Waals surface area contributed by atoms with Gasteiger partial charge >= 0.3 is 5.69 Å². The molecule has 1 aliphatic heterocycles. The van der Waals surface area contributed by atoms with Gasteiger partial charge in [0.05, 0.1) is 20.8 Å². The molecule has 0 amide bonds. The van der Waals surface area contributed by atoms with Gasteiger partial charge in [0, 0.05) is 37.7 Å². The second-order valence-corrected chi connectivity index (χ2v) is 11.9. The Hall–Kier alpha value is -4.78. The summed E-state index contributed by atoms with van der Waals surface area (Å²) in [4.78, 5) is 29.7. The molecule has 5 aromatic rings. The van der Waals surface area contributed by atoms with Crippen molar-refractivity contribution in [2.45, 2.75) is 50.9 Å². The molecule has 6 rings (SSSR count). The van der Waals surface area contributed by atoms with Gasteiger partial charge in [0.15, 0.2) is 17.6 Å². The molecular formula is C38H42ClN3O8. The number of benzene rings is 3. The Morgan fingerprint density at radius 1 is 0.760 bits per heavy atom. The Bertz CT molecular complexity index is 1880. The maximum absolute atomic E-state index is 12.5. The summed E-state index contributed by atoms with van der Waals surface area (Å²) in [6, 6.07) is 30.7. The van der Waals surface area contributed by atoms with Crippen LogP contribution in [-0.2, 0) is 15.1 Å². The number of aromatic nitrogens is 3. The maximum atomic E-state index is 12.5. The Kier molecular flexibility index (Phi) is 12.7. The van der Waals surface area contributed by atoms with Gasteiger partial charge in [0.1, 0.15) is 35.4 Å². The SMILES string of the molecule is COc1ccc(C(OC[C@H]2O[C@@H](n3cc(C)c(=O)[nH]c3=O)[C@H](O)[C@@H]2O)(c2ccccc2)c2ccc(OC)cc2)cc1.Cc1cccc(C)[nH+]1.[Cl-]. The summed E-state index contributed by atoms with van der Waals surface area (Å²) >= 11 is 0. The number of nitrogens with zero attached hydrogens (tertiary/aromatic N) is 1. The lowest BCUT2D eigenvalue weighted by Crippen LogP contribution is -3.00. The fraction of sp³-hybridized carbons (Fsp3) is 0.289. The lowest BCUT2D eigenvalue weighted by atomic mass is 9.80. The first-order valence-electron chi connectivity index (χ1n) is 15.8. The molecule has 0 saturated carbocycles. The molecule has 11 nitrogen and oxygen atoms in total. The highest BCUT2D eigenvalue weighted by molar-refractivity contribution is 5.49. The summed E-state index contributed by atoms with van der Waals surface area (Å²) < 4.78 is 24.6. The summed E-state index contributed by atoms with van der Waals surface area (Å²) in [5.41, 5.74) is 2.61. The first-order chi connectivity index (χ1) is 23.6. The molecule has 2 aromatic heterocycles. The number of aromatic amines is 2. The average Bonchev–Trinajstić information content (AvgIpc) is 3.40. The Morgan fingerprint density at radius 2 is 1.28 bits per heavy atom. The van der Waals surface area contributed by atoms with Crippen LogP contribution in [0.2, 0.25) is 0 Å². The van der Waals surface area contributed by atoms with E-state index in [0.717, 1.165) is 21.3 Å². The Labute approximate surface area is 296 Å². The van der Waals surface area contributed by atoms with Crippen molar-refractivity contribution in [1.29, 1.82) is 0 Å². The van der Waals surface area contributed by atoms with E-state index in [1.807, 2.05) is 111 Å². The molecule has 0 spiro atoms. The quantitative estimate of drug-likeness (QED) is 0.190. The van der Waals surface area contributed by atoms with Gasteiger partial charge in [-0.1, -0.05) is 54.6 Å². The van der Waals surface area contributed by atoms with Crippen molar-refractivity contribution in [2.75, 3.05) is 20.8 Å². The maximum Gasteiger partial charge on any atom is 0.330 e. The van der Waals surface area contributed by atoms with Crippen LogP contribution in [0.5, 0.6) is 11.5 Å². The third kappa shape index (κ3) is 8.15. The fourth-order valence-electron chi connectivity index (χ4n) is 5.88. The minimum absolute atomic E-state index is 0. The third-order valence-electron chi connectivity index (χ3n) is 8.48. The van der Waals surface area contributed by atoms with Gasteiger partial charge in [0.25, 0.3) is 5.56 Å². The predicted octanol–water partition coefficient (Wildman–Crippen LogP) is 0.612. The largest absolute Gasteiger partial charge is 1.00 e. The number of H-pyrrole nitrogens is 2. The number of nitrogens with one attached hydrogen (secondary N) is 2. The summed E-state index contributed by atoms with van der Waals surface area (Å²) in [6.07, 6.45) is -3.75.